The lowest BCUT2D eigenvalue weighted by Gasteiger charge is -2.45. The zero-order valence-corrected chi connectivity index (χ0v) is 18.3. The van der Waals surface area contributed by atoms with Gasteiger partial charge < -0.3 is 10.2 Å². The van der Waals surface area contributed by atoms with E-state index in [4.69, 9.17) is 0 Å². The fourth-order valence-corrected chi connectivity index (χ4v) is 4.46. The average Bonchev–Trinajstić information content (AvgIpc) is 2.77. The van der Waals surface area contributed by atoms with E-state index in [1.165, 1.54) is 6.42 Å². The van der Waals surface area contributed by atoms with Gasteiger partial charge in [-0.15, -0.1) is 0 Å². The zero-order valence-electron chi connectivity index (χ0n) is 18.3. The van der Waals surface area contributed by atoms with Crippen LogP contribution in [0.3, 0.4) is 0 Å². The quantitative estimate of drug-likeness (QED) is 0.833. The van der Waals surface area contributed by atoms with Crippen molar-refractivity contribution < 1.29 is 4.79 Å². The third-order valence-corrected chi connectivity index (χ3v) is 6.13. The fourth-order valence-electron chi connectivity index (χ4n) is 4.46. The summed E-state index contributed by atoms with van der Waals surface area (Å²) in [7, 11) is 0. The number of piperidine rings is 1. The Morgan fingerprint density at radius 1 is 0.923 bits per heavy atom. The molecule has 1 N–H and O–H groups in total. The molecule has 2 rings (SSSR count). The minimum atomic E-state index is 0.00188. The third-order valence-electron chi connectivity index (χ3n) is 6.13. The van der Waals surface area contributed by atoms with Crippen molar-refractivity contribution in [3.8, 4) is 0 Å². The molecule has 2 atom stereocenters. The van der Waals surface area contributed by atoms with Gasteiger partial charge in [0, 0.05) is 56.9 Å². The summed E-state index contributed by atoms with van der Waals surface area (Å²) in [4.78, 5) is 19.8. The molecule has 0 radical (unpaired) electrons. The zero-order chi connectivity index (χ0) is 19.5. The van der Waals surface area contributed by atoms with E-state index in [-0.39, 0.29) is 17.1 Å². The van der Waals surface area contributed by atoms with Gasteiger partial charge in [0.15, 0.2) is 0 Å². The Labute approximate surface area is 161 Å². The number of likely N-dealkylation sites (tertiary alicyclic amines) is 1. The average molecular weight is 367 g/mol. The highest BCUT2D eigenvalue weighted by molar-refractivity contribution is 5.74. The van der Waals surface area contributed by atoms with Crippen LogP contribution in [0.25, 0.3) is 0 Å². The number of hydrogen-bond acceptors (Lipinski definition) is 3. The number of carbonyl (C=O) groups is 1. The van der Waals surface area contributed by atoms with E-state index in [0.717, 1.165) is 57.5 Å². The lowest BCUT2D eigenvalue weighted by atomic mass is 9.88. The van der Waals surface area contributed by atoms with Crippen LogP contribution in [0.15, 0.2) is 0 Å². The summed E-state index contributed by atoms with van der Waals surface area (Å²) in [5.41, 5.74) is 0.179. The molecule has 2 amide bonds. The Hall–Kier alpha value is -0.810. The van der Waals surface area contributed by atoms with Gasteiger partial charge in [0.2, 0.25) is 0 Å². The van der Waals surface area contributed by atoms with Crippen molar-refractivity contribution in [3.05, 3.63) is 0 Å². The molecule has 5 nitrogen and oxygen atoms in total. The van der Waals surface area contributed by atoms with Crippen LogP contribution in [-0.4, -0.2) is 77.6 Å². The Balaban J connectivity index is 1.85. The number of nitrogens with one attached hydrogen (secondary N) is 1. The van der Waals surface area contributed by atoms with Gasteiger partial charge in [-0.3, -0.25) is 9.80 Å². The molecule has 26 heavy (non-hydrogen) atoms. The van der Waals surface area contributed by atoms with Crippen LogP contribution < -0.4 is 5.32 Å². The van der Waals surface area contributed by atoms with Crippen molar-refractivity contribution >= 4 is 6.03 Å². The van der Waals surface area contributed by atoms with Crippen LogP contribution in [0.5, 0.6) is 0 Å². The Morgan fingerprint density at radius 3 is 2.12 bits per heavy atom. The minimum Gasteiger partial charge on any atom is -0.336 e. The maximum absolute atomic E-state index is 12.7. The van der Waals surface area contributed by atoms with Gasteiger partial charge in [0.25, 0.3) is 0 Å². The second kappa shape index (κ2) is 8.47. The van der Waals surface area contributed by atoms with Crippen molar-refractivity contribution in [1.29, 1.82) is 0 Å². The Bertz CT molecular complexity index is 461. The van der Waals surface area contributed by atoms with Crippen LogP contribution in [0.1, 0.15) is 61.3 Å². The number of amides is 2. The molecule has 0 aromatic carbocycles. The standard InChI is InChI=1S/C21H42N4O/c1-17-13-18(2)15-25(14-17)21(6,7)16-22-19(26)23-9-8-10-24(12-11-23)20(3,4)5/h17-18H,8-16H2,1-7H3,(H,22,26). The Kier molecular flexibility index (Phi) is 7.00. The van der Waals surface area contributed by atoms with Crippen LogP contribution in [-0.2, 0) is 0 Å². The maximum Gasteiger partial charge on any atom is 0.317 e. The molecule has 0 aromatic heterocycles. The summed E-state index contributed by atoms with van der Waals surface area (Å²) in [6, 6.07) is 0.104. The van der Waals surface area contributed by atoms with Gasteiger partial charge in [-0.25, -0.2) is 4.79 Å². The van der Waals surface area contributed by atoms with E-state index >= 15 is 0 Å². The first-order valence-corrected chi connectivity index (χ1v) is 10.5. The topological polar surface area (TPSA) is 38.8 Å². The van der Waals surface area contributed by atoms with Crippen LogP contribution in [0, 0.1) is 11.8 Å². The van der Waals surface area contributed by atoms with Crippen molar-refractivity contribution in [2.24, 2.45) is 11.8 Å². The number of hydrogen-bond donors (Lipinski definition) is 1. The van der Waals surface area contributed by atoms with Gasteiger partial charge >= 0.3 is 6.03 Å². The highest BCUT2D eigenvalue weighted by Gasteiger charge is 2.33. The first-order valence-electron chi connectivity index (χ1n) is 10.5. The van der Waals surface area contributed by atoms with Gasteiger partial charge in [0.1, 0.15) is 0 Å². The van der Waals surface area contributed by atoms with Crippen molar-refractivity contribution in [2.75, 3.05) is 45.8 Å². The first-order chi connectivity index (χ1) is 12.0. The monoisotopic (exact) mass is 366 g/mol. The molecule has 0 spiro atoms. The summed E-state index contributed by atoms with van der Waals surface area (Å²) in [6.45, 7) is 22.7. The summed E-state index contributed by atoms with van der Waals surface area (Å²) in [6.07, 6.45) is 2.37. The van der Waals surface area contributed by atoms with Gasteiger partial charge in [-0.1, -0.05) is 13.8 Å². The maximum atomic E-state index is 12.7. The Morgan fingerprint density at radius 2 is 1.54 bits per heavy atom. The lowest BCUT2D eigenvalue weighted by Crippen LogP contribution is -2.57. The number of rotatable bonds is 3. The van der Waals surface area contributed by atoms with E-state index in [9.17, 15) is 4.79 Å². The van der Waals surface area contributed by atoms with Crippen LogP contribution in [0.2, 0.25) is 0 Å². The lowest BCUT2D eigenvalue weighted by molar-refractivity contribution is 0.0464. The fraction of sp³-hybridized carbons (Fsp3) is 0.952. The smallest absolute Gasteiger partial charge is 0.317 e. The van der Waals surface area contributed by atoms with Gasteiger partial charge in [0.05, 0.1) is 0 Å². The van der Waals surface area contributed by atoms with Crippen molar-refractivity contribution in [3.63, 3.8) is 0 Å². The number of carbonyl (C=O) groups excluding carboxylic acids is 1. The SMILES string of the molecule is CC1CC(C)CN(C(C)(C)CNC(=O)N2CCCN(C(C)(C)C)CC2)C1. The molecule has 152 valence electrons. The molecule has 2 fully saturated rings. The predicted molar refractivity (Wildman–Crippen MR) is 110 cm³/mol. The molecule has 0 saturated carbocycles. The normalized spacial score (nSPS) is 27.3. The molecule has 2 heterocycles. The highest BCUT2D eigenvalue weighted by Crippen LogP contribution is 2.27. The van der Waals surface area contributed by atoms with E-state index in [0.29, 0.717) is 6.54 Å². The molecule has 2 saturated heterocycles. The van der Waals surface area contributed by atoms with E-state index in [2.05, 4.69) is 63.6 Å². The molecule has 2 aliphatic rings. The second-order valence-corrected chi connectivity index (χ2v) is 10.3. The molecule has 0 aliphatic carbocycles. The first kappa shape index (κ1) is 21.5. The molecule has 5 heteroatoms. The summed E-state index contributed by atoms with van der Waals surface area (Å²) in [5.74, 6) is 1.48. The summed E-state index contributed by atoms with van der Waals surface area (Å²) in [5, 5.41) is 3.23. The van der Waals surface area contributed by atoms with E-state index in [1.54, 1.807) is 0 Å². The summed E-state index contributed by atoms with van der Waals surface area (Å²) < 4.78 is 0. The summed E-state index contributed by atoms with van der Waals surface area (Å²) >= 11 is 0. The van der Waals surface area contributed by atoms with Crippen molar-refractivity contribution in [2.45, 2.75) is 72.4 Å². The molecular weight excluding hydrogens is 324 g/mol. The largest absolute Gasteiger partial charge is 0.336 e. The van der Waals surface area contributed by atoms with Crippen LogP contribution >= 0.6 is 0 Å². The minimum absolute atomic E-state index is 0.00188. The molecule has 0 aromatic rings. The highest BCUT2D eigenvalue weighted by atomic mass is 16.2. The van der Waals surface area contributed by atoms with Gasteiger partial charge in [-0.2, -0.15) is 0 Å². The molecular formula is C21H42N4O. The molecule has 0 bridgehead atoms. The number of urea groups is 1. The predicted octanol–water partition coefficient (Wildman–Crippen LogP) is 3.26. The van der Waals surface area contributed by atoms with Crippen molar-refractivity contribution in [1.82, 2.24) is 20.0 Å². The van der Waals surface area contributed by atoms with E-state index < -0.39 is 0 Å². The molecule has 2 unspecified atom stereocenters. The van der Waals surface area contributed by atoms with Gasteiger partial charge in [-0.05, 0) is 59.3 Å². The molecule has 2 aliphatic heterocycles. The second-order valence-electron chi connectivity index (χ2n) is 10.3. The third kappa shape index (κ3) is 5.85. The number of nitrogens with zero attached hydrogens (tertiary/aromatic N) is 3. The van der Waals surface area contributed by atoms with E-state index in [1.807, 2.05) is 4.90 Å². The van der Waals surface area contributed by atoms with Crippen LogP contribution in [0.4, 0.5) is 4.79 Å².